The molecule has 1 rings (SSSR count). The summed E-state index contributed by atoms with van der Waals surface area (Å²) in [7, 11) is 0.878. The first-order chi connectivity index (χ1) is 9.99. The molecular weight excluding hydrogens is 288 g/mol. The van der Waals surface area contributed by atoms with E-state index in [4.69, 9.17) is 13.3 Å². The smallest absolute Gasteiger partial charge is 0.373 e. The molecule has 0 saturated carbocycles. The second-order valence-electron chi connectivity index (χ2n) is 5.34. The summed E-state index contributed by atoms with van der Waals surface area (Å²) in [5.74, 6) is 0.153. The highest BCUT2D eigenvalue weighted by Gasteiger charge is 2.46. The van der Waals surface area contributed by atoms with Gasteiger partial charge < -0.3 is 18.2 Å². The molecule has 1 unspecified atom stereocenters. The second kappa shape index (κ2) is 8.85. The van der Waals surface area contributed by atoms with Gasteiger partial charge in [-0.25, -0.2) is 0 Å². The maximum absolute atomic E-state index is 12.3. The Labute approximate surface area is 129 Å². The fourth-order valence-corrected chi connectivity index (χ4v) is 5.48. The molecule has 1 amide bonds. The zero-order chi connectivity index (χ0) is 15.9. The molecule has 0 N–H and O–H groups in total. The SMILES string of the molecule is CCO[Si](CN1CCCC1C(=O)N(C)C)(OCC)OCC. The van der Waals surface area contributed by atoms with Crippen molar-refractivity contribution in [1.82, 2.24) is 9.80 Å². The molecule has 6 nitrogen and oxygen atoms in total. The highest BCUT2D eigenvalue weighted by molar-refractivity contribution is 6.61. The normalized spacial score (nSPS) is 20.0. The summed E-state index contributed by atoms with van der Waals surface area (Å²) in [4.78, 5) is 16.1. The zero-order valence-electron chi connectivity index (χ0n) is 14.1. The zero-order valence-corrected chi connectivity index (χ0v) is 15.1. The molecule has 1 heterocycles. The van der Waals surface area contributed by atoms with Gasteiger partial charge in [0.05, 0.1) is 12.2 Å². The Morgan fingerprint density at radius 1 is 1.14 bits per heavy atom. The summed E-state index contributed by atoms with van der Waals surface area (Å²) in [6.45, 7) is 8.43. The summed E-state index contributed by atoms with van der Waals surface area (Å²) in [5.41, 5.74) is 0. The van der Waals surface area contributed by atoms with Crippen molar-refractivity contribution < 1.29 is 18.1 Å². The molecule has 0 aromatic carbocycles. The van der Waals surface area contributed by atoms with E-state index >= 15 is 0 Å². The van der Waals surface area contributed by atoms with Crippen LogP contribution in [0.2, 0.25) is 0 Å². The van der Waals surface area contributed by atoms with Crippen LogP contribution in [0.3, 0.4) is 0 Å². The van der Waals surface area contributed by atoms with Gasteiger partial charge in [0.1, 0.15) is 0 Å². The van der Waals surface area contributed by atoms with Crippen LogP contribution in [0.15, 0.2) is 0 Å². The molecule has 0 aromatic rings. The predicted molar refractivity (Wildman–Crippen MR) is 83.9 cm³/mol. The molecule has 1 aliphatic heterocycles. The lowest BCUT2D eigenvalue weighted by Crippen LogP contribution is -2.58. The summed E-state index contributed by atoms with van der Waals surface area (Å²) in [6.07, 6.45) is 2.51. The van der Waals surface area contributed by atoms with Gasteiger partial charge in [-0.1, -0.05) is 0 Å². The predicted octanol–water partition coefficient (Wildman–Crippen LogP) is 1.13. The van der Waals surface area contributed by atoms with Crippen LogP contribution in [0.25, 0.3) is 0 Å². The Balaban J connectivity index is 2.82. The van der Waals surface area contributed by atoms with Crippen molar-refractivity contribution in [3.63, 3.8) is 0 Å². The fourth-order valence-electron chi connectivity index (χ4n) is 2.76. The van der Waals surface area contributed by atoms with Crippen LogP contribution in [-0.4, -0.2) is 77.2 Å². The summed E-state index contributed by atoms with van der Waals surface area (Å²) in [5, 5.41) is 0. The van der Waals surface area contributed by atoms with Crippen molar-refractivity contribution in [3.8, 4) is 0 Å². The molecular formula is C14H30N2O4Si. The van der Waals surface area contributed by atoms with Gasteiger partial charge in [-0.3, -0.25) is 9.69 Å². The highest BCUT2D eigenvalue weighted by atomic mass is 28.4. The summed E-state index contributed by atoms with van der Waals surface area (Å²) >= 11 is 0. The second-order valence-corrected chi connectivity index (χ2v) is 7.89. The number of likely N-dealkylation sites (tertiary alicyclic amines) is 1. The monoisotopic (exact) mass is 318 g/mol. The van der Waals surface area contributed by atoms with Crippen molar-refractivity contribution in [3.05, 3.63) is 0 Å². The average Bonchev–Trinajstić information content (AvgIpc) is 2.86. The molecule has 0 aromatic heterocycles. The van der Waals surface area contributed by atoms with Crippen molar-refractivity contribution in [1.29, 1.82) is 0 Å². The van der Waals surface area contributed by atoms with E-state index in [0.29, 0.717) is 26.0 Å². The van der Waals surface area contributed by atoms with Gasteiger partial charge in [-0.05, 0) is 40.2 Å². The van der Waals surface area contributed by atoms with E-state index in [0.717, 1.165) is 19.4 Å². The molecule has 1 atom stereocenters. The van der Waals surface area contributed by atoms with Crippen LogP contribution in [0.5, 0.6) is 0 Å². The quantitative estimate of drug-likeness (QED) is 0.597. The minimum atomic E-state index is -2.73. The van der Waals surface area contributed by atoms with Gasteiger partial charge in [0, 0.05) is 33.9 Å². The van der Waals surface area contributed by atoms with E-state index in [2.05, 4.69) is 4.90 Å². The maximum atomic E-state index is 12.3. The van der Waals surface area contributed by atoms with Gasteiger partial charge in [0.25, 0.3) is 0 Å². The lowest BCUT2D eigenvalue weighted by atomic mass is 10.2. The number of hydrogen-bond donors (Lipinski definition) is 0. The summed E-state index contributed by atoms with van der Waals surface area (Å²) < 4.78 is 17.7. The van der Waals surface area contributed by atoms with Crippen LogP contribution in [0, 0.1) is 0 Å². The first-order valence-corrected chi connectivity index (χ1v) is 9.79. The van der Waals surface area contributed by atoms with Gasteiger partial charge in [0.15, 0.2) is 0 Å². The Morgan fingerprint density at radius 3 is 2.10 bits per heavy atom. The fraction of sp³-hybridized carbons (Fsp3) is 0.929. The number of nitrogens with zero attached hydrogens (tertiary/aromatic N) is 2. The Hall–Kier alpha value is -0.473. The minimum Gasteiger partial charge on any atom is -0.373 e. The third-order valence-corrected chi connectivity index (χ3v) is 6.56. The number of carbonyl (C=O) groups is 1. The van der Waals surface area contributed by atoms with Crippen molar-refractivity contribution in [2.24, 2.45) is 0 Å². The molecule has 1 saturated heterocycles. The Morgan fingerprint density at radius 2 is 1.67 bits per heavy atom. The number of amides is 1. The van der Waals surface area contributed by atoms with Crippen molar-refractivity contribution in [2.75, 3.05) is 46.6 Å². The number of hydrogen-bond acceptors (Lipinski definition) is 5. The number of carbonyl (C=O) groups excluding carboxylic acids is 1. The first kappa shape index (κ1) is 18.6. The van der Waals surface area contributed by atoms with Crippen molar-refractivity contribution in [2.45, 2.75) is 39.7 Å². The van der Waals surface area contributed by atoms with Crippen LogP contribution in [0.1, 0.15) is 33.6 Å². The van der Waals surface area contributed by atoms with Crippen LogP contribution in [0.4, 0.5) is 0 Å². The van der Waals surface area contributed by atoms with E-state index < -0.39 is 8.80 Å². The van der Waals surface area contributed by atoms with Gasteiger partial charge >= 0.3 is 8.80 Å². The Kier molecular flexibility index (Phi) is 7.82. The maximum Gasteiger partial charge on any atom is 0.515 e. The molecule has 0 radical (unpaired) electrons. The molecule has 0 spiro atoms. The number of rotatable bonds is 9. The molecule has 0 bridgehead atoms. The lowest BCUT2D eigenvalue weighted by molar-refractivity contribution is -0.133. The molecule has 1 aliphatic rings. The molecule has 7 heteroatoms. The van der Waals surface area contributed by atoms with Crippen molar-refractivity contribution >= 4 is 14.7 Å². The van der Waals surface area contributed by atoms with Crippen LogP contribution >= 0.6 is 0 Å². The van der Waals surface area contributed by atoms with E-state index in [-0.39, 0.29) is 11.9 Å². The average molecular weight is 318 g/mol. The largest absolute Gasteiger partial charge is 0.515 e. The highest BCUT2D eigenvalue weighted by Crippen LogP contribution is 2.22. The lowest BCUT2D eigenvalue weighted by Gasteiger charge is -2.34. The van der Waals surface area contributed by atoms with E-state index in [1.54, 1.807) is 19.0 Å². The molecule has 21 heavy (non-hydrogen) atoms. The van der Waals surface area contributed by atoms with Crippen LogP contribution < -0.4 is 0 Å². The van der Waals surface area contributed by atoms with E-state index in [9.17, 15) is 4.79 Å². The summed E-state index contributed by atoms with van der Waals surface area (Å²) in [6, 6.07) is -0.0757. The molecule has 0 aliphatic carbocycles. The Bertz CT molecular complexity index is 311. The first-order valence-electron chi connectivity index (χ1n) is 7.86. The van der Waals surface area contributed by atoms with E-state index in [1.165, 1.54) is 0 Å². The van der Waals surface area contributed by atoms with E-state index in [1.807, 2.05) is 20.8 Å². The molecule has 1 fully saturated rings. The number of likely N-dealkylation sites (N-methyl/N-ethyl adjacent to an activating group) is 1. The van der Waals surface area contributed by atoms with Gasteiger partial charge in [-0.15, -0.1) is 0 Å². The topological polar surface area (TPSA) is 51.2 Å². The van der Waals surface area contributed by atoms with Gasteiger partial charge in [-0.2, -0.15) is 0 Å². The third kappa shape index (κ3) is 5.03. The van der Waals surface area contributed by atoms with Crippen LogP contribution in [-0.2, 0) is 18.1 Å². The minimum absolute atomic E-state index is 0.0757. The van der Waals surface area contributed by atoms with Gasteiger partial charge in [0.2, 0.25) is 5.91 Å². The molecule has 124 valence electrons. The third-order valence-electron chi connectivity index (χ3n) is 3.58. The standard InChI is InChI=1S/C14H30N2O4Si/c1-6-18-21(19-7-2,20-8-3)12-16-11-9-10-13(16)14(17)15(4)5/h13H,6-12H2,1-5H3.